The second-order valence-electron chi connectivity index (χ2n) is 17.1. The van der Waals surface area contributed by atoms with Crippen LogP contribution in [-0.2, 0) is 14.3 Å². The number of aliphatic hydroxyl groups excluding tert-OH is 2. The van der Waals surface area contributed by atoms with Crippen LogP contribution in [0, 0.1) is 0 Å². The van der Waals surface area contributed by atoms with E-state index in [0.29, 0.717) is 19.4 Å². The Morgan fingerprint density at radius 1 is 0.474 bits per heavy atom. The van der Waals surface area contributed by atoms with Crippen molar-refractivity contribution in [3.63, 3.8) is 0 Å². The van der Waals surface area contributed by atoms with Crippen LogP contribution in [0.5, 0.6) is 0 Å². The predicted octanol–water partition coefficient (Wildman–Crippen LogP) is 14.7. The fourth-order valence-electron chi connectivity index (χ4n) is 7.55. The normalized spacial score (nSPS) is 12.8. The molecule has 336 valence electrons. The molecule has 6 heteroatoms. The summed E-state index contributed by atoms with van der Waals surface area (Å²) in [6, 6.07) is -0.639. The fraction of sp³-hybridized carbons (Fsp3) is 0.882. The molecule has 2 unspecified atom stereocenters. The number of allylic oxidation sites excluding steroid dienone is 3. The van der Waals surface area contributed by atoms with E-state index in [9.17, 15) is 19.8 Å². The first-order valence-electron chi connectivity index (χ1n) is 25.1. The van der Waals surface area contributed by atoms with E-state index in [2.05, 4.69) is 31.3 Å². The van der Waals surface area contributed by atoms with Gasteiger partial charge in [-0.25, -0.2) is 0 Å². The lowest BCUT2D eigenvalue weighted by Crippen LogP contribution is -2.45. The maximum atomic E-state index is 12.4. The molecule has 0 aromatic heterocycles. The molecule has 0 aromatic rings. The number of carbonyl (C=O) groups excluding carboxylic acids is 2. The van der Waals surface area contributed by atoms with E-state index in [4.69, 9.17) is 4.74 Å². The van der Waals surface area contributed by atoms with Crippen LogP contribution in [0.15, 0.2) is 24.3 Å². The Labute approximate surface area is 354 Å². The number of carbonyl (C=O) groups is 2. The molecule has 0 saturated heterocycles. The summed E-state index contributed by atoms with van der Waals surface area (Å²) >= 11 is 0. The van der Waals surface area contributed by atoms with Crippen LogP contribution in [0.1, 0.15) is 264 Å². The van der Waals surface area contributed by atoms with Gasteiger partial charge in [-0.2, -0.15) is 0 Å². The van der Waals surface area contributed by atoms with Crippen LogP contribution in [0.2, 0.25) is 0 Å². The van der Waals surface area contributed by atoms with Crippen molar-refractivity contribution in [1.29, 1.82) is 0 Å². The molecule has 0 bridgehead atoms. The van der Waals surface area contributed by atoms with E-state index >= 15 is 0 Å². The van der Waals surface area contributed by atoms with Crippen LogP contribution < -0.4 is 5.32 Å². The lowest BCUT2D eigenvalue weighted by Gasteiger charge is -2.20. The minimum atomic E-state index is -0.854. The van der Waals surface area contributed by atoms with Crippen LogP contribution in [0.4, 0.5) is 0 Å². The lowest BCUT2D eigenvalue weighted by molar-refractivity contribution is -0.143. The van der Waals surface area contributed by atoms with Gasteiger partial charge in [-0.3, -0.25) is 9.59 Å². The average Bonchev–Trinajstić information content (AvgIpc) is 3.21. The molecule has 0 radical (unpaired) electrons. The van der Waals surface area contributed by atoms with Crippen LogP contribution in [0.3, 0.4) is 0 Å². The lowest BCUT2D eigenvalue weighted by atomic mass is 10.0. The molecule has 2 atom stereocenters. The van der Waals surface area contributed by atoms with Crippen LogP contribution >= 0.6 is 0 Å². The van der Waals surface area contributed by atoms with Gasteiger partial charge >= 0.3 is 5.97 Å². The summed E-state index contributed by atoms with van der Waals surface area (Å²) in [7, 11) is 0. The Morgan fingerprint density at radius 3 is 1.30 bits per heavy atom. The molecule has 0 heterocycles. The Balaban J connectivity index is 3.52. The van der Waals surface area contributed by atoms with E-state index in [1.54, 1.807) is 6.08 Å². The van der Waals surface area contributed by atoms with Gasteiger partial charge in [-0.1, -0.05) is 224 Å². The number of hydrogen-bond acceptors (Lipinski definition) is 5. The molecule has 0 fully saturated rings. The van der Waals surface area contributed by atoms with Crippen molar-refractivity contribution in [3.05, 3.63) is 24.3 Å². The Hall–Kier alpha value is -1.66. The van der Waals surface area contributed by atoms with Gasteiger partial charge in [0.15, 0.2) is 0 Å². The van der Waals surface area contributed by atoms with Crippen molar-refractivity contribution in [1.82, 2.24) is 5.32 Å². The maximum absolute atomic E-state index is 12.4. The first kappa shape index (κ1) is 55.3. The van der Waals surface area contributed by atoms with Crippen molar-refractivity contribution in [3.8, 4) is 0 Å². The zero-order valence-electron chi connectivity index (χ0n) is 38.1. The number of aliphatic hydroxyl groups is 2. The van der Waals surface area contributed by atoms with Gasteiger partial charge in [-0.15, -0.1) is 0 Å². The van der Waals surface area contributed by atoms with Crippen molar-refractivity contribution < 1.29 is 24.5 Å². The van der Waals surface area contributed by atoms with Crippen molar-refractivity contribution in [2.75, 3.05) is 13.2 Å². The monoisotopic (exact) mass is 804 g/mol. The summed E-state index contributed by atoms with van der Waals surface area (Å²) in [5.74, 6) is -0.105. The molecule has 0 aliphatic rings. The van der Waals surface area contributed by atoms with Gasteiger partial charge in [0.1, 0.15) is 0 Å². The summed E-state index contributed by atoms with van der Waals surface area (Å²) in [5.41, 5.74) is 0. The highest BCUT2D eigenvalue weighted by molar-refractivity contribution is 5.76. The third kappa shape index (κ3) is 43.7. The quantitative estimate of drug-likeness (QED) is 0.0324. The fourth-order valence-corrected chi connectivity index (χ4v) is 7.55. The van der Waals surface area contributed by atoms with Gasteiger partial charge in [0.05, 0.1) is 25.4 Å². The number of rotatable bonds is 46. The Kier molecular flexibility index (Phi) is 45.7. The van der Waals surface area contributed by atoms with E-state index in [-0.39, 0.29) is 18.5 Å². The highest BCUT2D eigenvalue weighted by Crippen LogP contribution is 2.16. The van der Waals surface area contributed by atoms with Gasteiger partial charge in [0, 0.05) is 12.8 Å². The highest BCUT2D eigenvalue weighted by atomic mass is 16.5. The number of hydrogen-bond donors (Lipinski definition) is 3. The second-order valence-corrected chi connectivity index (χ2v) is 17.1. The van der Waals surface area contributed by atoms with E-state index in [0.717, 1.165) is 57.8 Å². The van der Waals surface area contributed by atoms with Gasteiger partial charge in [0.25, 0.3) is 0 Å². The first-order chi connectivity index (χ1) is 28.0. The molecular formula is C51H97NO5. The molecule has 3 N–H and O–H groups in total. The van der Waals surface area contributed by atoms with Crippen molar-refractivity contribution >= 4 is 11.9 Å². The summed E-state index contributed by atoms with van der Waals surface area (Å²) in [5, 5.41) is 23.1. The standard InChI is InChI=1S/C51H97NO5/c1-3-5-7-9-11-13-15-16-17-18-19-20-24-27-31-35-39-43-49(54)48(47-53)52-50(55)44-40-36-32-28-25-21-22-26-30-34-38-42-46-57-51(56)45-41-37-33-29-23-14-12-10-8-6-4-2/h10,12,39,43,48-49,53-54H,3-9,11,13-38,40-42,44-47H2,1-2H3,(H,52,55)/b12-10-,43-39+. The summed E-state index contributed by atoms with van der Waals surface area (Å²) in [6.45, 7) is 4.83. The molecule has 0 aromatic carbocycles. The third-order valence-corrected chi connectivity index (χ3v) is 11.5. The molecule has 0 aliphatic carbocycles. The number of ether oxygens (including phenoxy) is 1. The summed E-state index contributed by atoms with van der Waals surface area (Å²) in [4.78, 5) is 24.4. The molecular weight excluding hydrogens is 707 g/mol. The smallest absolute Gasteiger partial charge is 0.305 e. The number of amides is 1. The predicted molar refractivity (Wildman–Crippen MR) is 246 cm³/mol. The third-order valence-electron chi connectivity index (χ3n) is 11.5. The molecule has 0 spiro atoms. The van der Waals surface area contributed by atoms with Gasteiger partial charge in [-0.05, 0) is 51.4 Å². The summed E-state index contributed by atoms with van der Waals surface area (Å²) in [6.07, 6.45) is 54.5. The molecule has 0 saturated carbocycles. The van der Waals surface area contributed by atoms with Crippen molar-refractivity contribution in [2.24, 2.45) is 0 Å². The van der Waals surface area contributed by atoms with E-state index in [1.165, 1.54) is 180 Å². The Bertz CT molecular complexity index is 889. The van der Waals surface area contributed by atoms with Gasteiger partial charge in [0.2, 0.25) is 5.91 Å². The minimum Gasteiger partial charge on any atom is -0.466 e. The highest BCUT2D eigenvalue weighted by Gasteiger charge is 2.18. The zero-order valence-corrected chi connectivity index (χ0v) is 38.1. The van der Waals surface area contributed by atoms with Crippen LogP contribution in [-0.4, -0.2) is 47.4 Å². The SMILES string of the molecule is CCCC/C=C\CCCCCCCC(=O)OCCCCCCCCCCCCCCC(=O)NC(CO)C(O)/C=C/CCCCCCCCCCCCCCCCC. The number of nitrogens with one attached hydrogen (secondary N) is 1. The average molecular weight is 804 g/mol. The zero-order chi connectivity index (χ0) is 41.5. The molecule has 0 rings (SSSR count). The van der Waals surface area contributed by atoms with E-state index < -0.39 is 12.1 Å². The molecule has 57 heavy (non-hydrogen) atoms. The molecule has 6 nitrogen and oxygen atoms in total. The van der Waals surface area contributed by atoms with Crippen LogP contribution in [0.25, 0.3) is 0 Å². The minimum absolute atomic E-state index is 0.0221. The number of esters is 1. The molecule has 0 aliphatic heterocycles. The number of unbranched alkanes of at least 4 members (excludes halogenated alkanes) is 33. The van der Waals surface area contributed by atoms with Gasteiger partial charge < -0.3 is 20.3 Å². The maximum Gasteiger partial charge on any atom is 0.305 e. The molecule has 1 amide bonds. The second kappa shape index (κ2) is 47.0. The largest absolute Gasteiger partial charge is 0.466 e. The van der Waals surface area contributed by atoms with Crippen molar-refractivity contribution in [2.45, 2.75) is 276 Å². The van der Waals surface area contributed by atoms with E-state index in [1.807, 2.05) is 6.08 Å². The summed E-state index contributed by atoms with van der Waals surface area (Å²) < 4.78 is 5.43. The topological polar surface area (TPSA) is 95.9 Å². The Morgan fingerprint density at radius 2 is 0.842 bits per heavy atom. The first-order valence-corrected chi connectivity index (χ1v) is 25.1.